The second kappa shape index (κ2) is 9.63. The van der Waals surface area contributed by atoms with Crippen molar-refractivity contribution >= 4 is 23.7 Å². The maximum absolute atomic E-state index is 13.4. The van der Waals surface area contributed by atoms with E-state index in [1.807, 2.05) is 5.32 Å². The number of hydrogen-bond donors (Lipinski definition) is 3. The largest absolute Gasteiger partial charge is 0.410 e. The lowest BCUT2D eigenvalue weighted by molar-refractivity contribution is -0.149. The van der Waals surface area contributed by atoms with Crippen LogP contribution in [0.1, 0.15) is 47.4 Å². The Morgan fingerprint density at radius 1 is 1.22 bits per heavy atom. The number of alkyl halides is 3. The van der Waals surface area contributed by atoms with Gasteiger partial charge in [-0.3, -0.25) is 9.59 Å². The lowest BCUT2D eigenvalue weighted by atomic mass is 9.88. The molecule has 3 aliphatic rings. The molecule has 11 nitrogen and oxygen atoms in total. The minimum absolute atomic E-state index is 0.00400. The molecule has 2 atom stereocenters. The van der Waals surface area contributed by atoms with Crippen molar-refractivity contribution in [1.82, 2.24) is 30.8 Å². The summed E-state index contributed by atoms with van der Waals surface area (Å²) in [6.07, 6.45) is 0.788. The highest BCUT2D eigenvalue weighted by Gasteiger charge is 2.49. The fourth-order valence-corrected chi connectivity index (χ4v) is 4.85. The van der Waals surface area contributed by atoms with Gasteiger partial charge < -0.3 is 20.9 Å². The summed E-state index contributed by atoms with van der Waals surface area (Å²) in [4.78, 5) is 43.5. The normalized spacial score (nSPS) is 20.6. The third-order valence-electron chi connectivity index (χ3n) is 6.99. The van der Waals surface area contributed by atoms with Crippen molar-refractivity contribution in [3.63, 3.8) is 0 Å². The molecule has 2 aromatic heterocycles. The van der Waals surface area contributed by atoms with Gasteiger partial charge in [-0.15, -0.1) is 0 Å². The Morgan fingerprint density at radius 2 is 1.92 bits per heavy atom. The molecule has 3 N–H and O–H groups in total. The van der Waals surface area contributed by atoms with Crippen LogP contribution in [-0.4, -0.2) is 62.8 Å². The van der Waals surface area contributed by atoms with E-state index >= 15 is 0 Å². The molecular weight excluding hydrogens is 495 g/mol. The molecule has 0 radical (unpaired) electrons. The predicted octanol–water partition coefficient (Wildman–Crippen LogP) is 2.40. The van der Waals surface area contributed by atoms with E-state index in [9.17, 15) is 27.6 Å². The topological polar surface area (TPSA) is 142 Å². The summed E-state index contributed by atoms with van der Waals surface area (Å²) in [6.45, 7) is 0.975. The molecule has 2 saturated carbocycles. The summed E-state index contributed by atoms with van der Waals surface area (Å²) >= 11 is 0. The molecule has 5 rings (SSSR count). The molecule has 3 fully saturated rings. The first-order chi connectivity index (χ1) is 17.6. The van der Waals surface area contributed by atoms with Crippen molar-refractivity contribution < 1.29 is 32.2 Å². The minimum atomic E-state index is -4.54. The van der Waals surface area contributed by atoms with E-state index < -0.39 is 42.7 Å². The Balaban J connectivity index is 1.30. The average Bonchev–Trinajstić information content (AvgIpc) is 3.76. The van der Waals surface area contributed by atoms with Gasteiger partial charge in [0.05, 0.1) is 6.54 Å². The first kappa shape index (κ1) is 25.0. The molecule has 0 bridgehead atoms. The number of rotatable bonds is 9. The van der Waals surface area contributed by atoms with Crippen LogP contribution in [0.15, 0.2) is 23.0 Å². The van der Waals surface area contributed by atoms with E-state index in [4.69, 9.17) is 0 Å². The van der Waals surface area contributed by atoms with Gasteiger partial charge in [-0.05, 0) is 73.2 Å². The zero-order valence-corrected chi connectivity index (χ0v) is 19.9. The van der Waals surface area contributed by atoms with Crippen molar-refractivity contribution in [2.75, 3.05) is 11.9 Å². The van der Waals surface area contributed by atoms with Crippen LogP contribution in [-0.2, 0) is 11.3 Å². The molecule has 2 aromatic rings. The maximum Gasteiger partial charge on any atom is 0.410 e. The fourth-order valence-electron chi connectivity index (χ4n) is 4.85. The van der Waals surface area contributed by atoms with Gasteiger partial charge >= 0.3 is 12.2 Å². The molecule has 4 amide bonds. The third-order valence-corrected chi connectivity index (χ3v) is 6.99. The maximum atomic E-state index is 13.4. The Morgan fingerprint density at radius 3 is 2.49 bits per heavy atom. The van der Waals surface area contributed by atoms with Gasteiger partial charge in [0.2, 0.25) is 5.91 Å². The predicted molar refractivity (Wildman–Crippen MR) is 121 cm³/mol. The van der Waals surface area contributed by atoms with Crippen molar-refractivity contribution in [3.8, 4) is 0 Å². The number of pyridine rings is 1. The molecular formula is C23H26F3N7O4. The molecule has 3 heterocycles. The van der Waals surface area contributed by atoms with Crippen LogP contribution in [0.25, 0.3) is 0 Å². The molecule has 37 heavy (non-hydrogen) atoms. The lowest BCUT2D eigenvalue weighted by Gasteiger charge is -2.27. The first-order valence-corrected chi connectivity index (χ1v) is 12.1. The van der Waals surface area contributed by atoms with Crippen molar-refractivity contribution in [2.24, 2.45) is 17.8 Å². The lowest BCUT2D eigenvalue weighted by Crippen LogP contribution is -2.50. The summed E-state index contributed by atoms with van der Waals surface area (Å²) in [6, 6.07) is -0.538. The molecule has 14 heteroatoms. The second-order valence-electron chi connectivity index (χ2n) is 9.86. The van der Waals surface area contributed by atoms with Gasteiger partial charge in [-0.1, -0.05) is 5.16 Å². The number of hydrogen-bond acceptors (Lipinski definition) is 7. The summed E-state index contributed by atoms with van der Waals surface area (Å²) in [5.74, 6) is -0.236. The Labute approximate surface area is 209 Å². The Kier molecular flexibility index (Phi) is 6.50. The highest BCUT2D eigenvalue weighted by molar-refractivity contribution is 6.00. The van der Waals surface area contributed by atoms with E-state index in [0.717, 1.165) is 30.6 Å². The molecule has 2 aliphatic carbocycles. The van der Waals surface area contributed by atoms with Crippen LogP contribution in [0, 0.1) is 24.7 Å². The highest BCUT2D eigenvalue weighted by atomic mass is 19.4. The van der Waals surface area contributed by atoms with E-state index in [1.54, 1.807) is 13.0 Å². The number of carbonyl (C=O) groups excluding carboxylic acids is 3. The number of carbonyl (C=O) groups is 3. The first-order valence-electron chi connectivity index (χ1n) is 12.1. The number of aryl methyl sites for hydroxylation is 1. The number of aromatic nitrogens is 3. The second-order valence-corrected chi connectivity index (χ2v) is 9.86. The van der Waals surface area contributed by atoms with Gasteiger partial charge in [0.1, 0.15) is 23.6 Å². The van der Waals surface area contributed by atoms with Gasteiger partial charge in [-0.2, -0.15) is 13.2 Å². The van der Waals surface area contributed by atoms with Crippen molar-refractivity contribution in [2.45, 2.75) is 57.4 Å². The third kappa shape index (κ3) is 5.67. The zero-order chi connectivity index (χ0) is 26.3. The quantitative estimate of drug-likeness (QED) is 0.460. The number of urea groups is 1. The standard InChI is InChI=1S/C23H26F3N7O4/c1-11-18(32-37-31-11)20(34)30-19(17(13-2-3-13)14-4-5-14)21(35)29-16-8-12(6-7-27-16)9-33-10-15(23(24,25)26)28-22(33)36/h6-8,13-15,17,19H,2-5,9-10H2,1H3,(H,28,36)(H,30,34)(H,27,29,35)/t15-,19-/m0/s1. The molecule has 1 saturated heterocycles. The van der Waals surface area contributed by atoms with Crippen LogP contribution >= 0.6 is 0 Å². The van der Waals surface area contributed by atoms with Gasteiger partial charge in [0, 0.05) is 12.7 Å². The summed E-state index contributed by atoms with van der Waals surface area (Å²) < 4.78 is 43.6. The van der Waals surface area contributed by atoms with E-state index in [-0.39, 0.29) is 24.0 Å². The zero-order valence-electron chi connectivity index (χ0n) is 19.9. The molecule has 198 valence electrons. The van der Waals surface area contributed by atoms with Crippen molar-refractivity contribution in [1.29, 1.82) is 0 Å². The number of nitrogens with one attached hydrogen (secondary N) is 3. The minimum Gasteiger partial charge on any atom is -0.338 e. The summed E-state index contributed by atoms with van der Waals surface area (Å²) in [5, 5.41) is 14.7. The monoisotopic (exact) mass is 521 g/mol. The molecule has 0 aromatic carbocycles. The van der Waals surface area contributed by atoms with Crippen LogP contribution in [0.5, 0.6) is 0 Å². The van der Waals surface area contributed by atoms with Crippen LogP contribution in [0.4, 0.5) is 23.8 Å². The number of amides is 4. The molecule has 1 aliphatic heterocycles. The van der Waals surface area contributed by atoms with Gasteiger partial charge in [-0.25, -0.2) is 14.4 Å². The molecule has 0 spiro atoms. The summed E-state index contributed by atoms with van der Waals surface area (Å²) in [7, 11) is 0. The summed E-state index contributed by atoms with van der Waals surface area (Å²) in [5.41, 5.74) is 0.803. The van der Waals surface area contributed by atoms with Crippen LogP contribution in [0.2, 0.25) is 0 Å². The van der Waals surface area contributed by atoms with Gasteiger partial charge in [0.25, 0.3) is 5.91 Å². The number of halogens is 3. The van der Waals surface area contributed by atoms with Crippen LogP contribution < -0.4 is 16.0 Å². The Hall–Kier alpha value is -3.71. The molecule has 0 unspecified atom stereocenters. The number of anilines is 1. The SMILES string of the molecule is Cc1nonc1C(=O)N[C@H](C(=O)Nc1cc(CN2C[C@@H](C(F)(F)F)NC2=O)ccn1)C(C1CC1)C1CC1. The van der Waals surface area contributed by atoms with Gasteiger partial charge in [0.15, 0.2) is 5.69 Å². The Bertz CT molecular complexity index is 1180. The van der Waals surface area contributed by atoms with Crippen LogP contribution in [0.3, 0.4) is 0 Å². The van der Waals surface area contributed by atoms with E-state index in [2.05, 4.69) is 30.6 Å². The smallest absolute Gasteiger partial charge is 0.338 e. The highest BCUT2D eigenvalue weighted by Crippen LogP contribution is 2.51. The van der Waals surface area contributed by atoms with E-state index in [0.29, 0.717) is 23.1 Å². The van der Waals surface area contributed by atoms with Crippen molar-refractivity contribution in [3.05, 3.63) is 35.3 Å². The number of nitrogens with zero attached hydrogens (tertiary/aromatic N) is 4. The average molecular weight is 522 g/mol. The van der Waals surface area contributed by atoms with E-state index in [1.165, 1.54) is 12.3 Å². The fraction of sp³-hybridized carbons (Fsp3) is 0.565.